The molecule has 1 amide bonds. The molecule has 2 N–H and O–H groups in total. The molecule has 1 aliphatic rings. The van der Waals surface area contributed by atoms with Crippen molar-refractivity contribution in [3.63, 3.8) is 0 Å². The van der Waals surface area contributed by atoms with Gasteiger partial charge in [-0.2, -0.15) is 0 Å². The molecule has 0 aliphatic carbocycles. The topological polar surface area (TPSA) is 46.3 Å². The predicted molar refractivity (Wildman–Crippen MR) is 84.2 cm³/mol. The predicted octanol–water partition coefficient (Wildman–Crippen LogP) is 2.69. The molecular weight excluding hydrogens is 260 g/mol. The maximum Gasteiger partial charge on any atom is 0.254 e. The van der Waals surface area contributed by atoms with Crippen molar-refractivity contribution in [1.82, 2.24) is 4.90 Å². The molecule has 0 saturated carbocycles. The zero-order valence-electron chi connectivity index (χ0n) is 12.3. The molecule has 2 aromatic carbocycles. The first-order valence-corrected chi connectivity index (χ1v) is 7.36. The zero-order chi connectivity index (χ0) is 14.8. The molecule has 3 heteroatoms. The van der Waals surface area contributed by atoms with Gasteiger partial charge in [-0.15, -0.1) is 0 Å². The fraction of sp³-hybridized carbons (Fsp3) is 0.278. The molecular formula is C18H20N2O. The number of nitrogens with zero attached hydrogens (tertiary/aromatic N) is 1. The second kappa shape index (κ2) is 5.70. The second-order valence-electron chi connectivity index (χ2n) is 5.57. The highest BCUT2D eigenvalue weighted by Gasteiger charge is 2.30. The minimum atomic E-state index is -0.0250. The fourth-order valence-corrected chi connectivity index (χ4v) is 3.09. The largest absolute Gasteiger partial charge is 0.330 e. The summed E-state index contributed by atoms with van der Waals surface area (Å²) in [4.78, 5) is 14.7. The van der Waals surface area contributed by atoms with Crippen LogP contribution in [-0.4, -0.2) is 23.9 Å². The summed E-state index contributed by atoms with van der Waals surface area (Å²) in [5, 5.41) is 0. The number of carbonyl (C=O) groups is 1. The summed E-state index contributed by atoms with van der Waals surface area (Å²) in [5.41, 5.74) is 10.3. The molecule has 1 aliphatic heterocycles. The van der Waals surface area contributed by atoms with Crippen molar-refractivity contribution in [1.29, 1.82) is 0 Å². The van der Waals surface area contributed by atoms with Crippen molar-refractivity contribution in [3.8, 4) is 0 Å². The molecule has 3 nitrogen and oxygen atoms in total. The number of hydrogen-bond acceptors (Lipinski definition) is 2. The van der Waals surface area contributed by atoms with Crippen molar-refractivity contribution >= 4 is 5.91 Å². The third-order valence-electron chi connectivity index (χ3n) is 4.16. The Balaban J connectivity index is 1.94. The molecule has 0 saturated heterocycles. The zero-order valence-corrected chi connectivity index (χ0v) is 12.3. The van der Waals surface area contributed by atoms with Gasteiger partial charge in [0.05, 0.1) is 6.04 Å². The van der Waals surface area contributed by atoms with Gasteiger partial charge < -0.3 is 10.6 Å². The van der Waals surface area contributed by atoms with E-state index in [4.69, 9.17) is 5.73 Å². The Morgan fingerprint density at radius 3 is 2.81 bits per heavy atom. The van der Waals surface area contributed by atoms with E-state index in [0.29, 0.717) is 6.54 Å². The molecule has 1 unspecified atom stereocenters. The van der Waals surface area contributed by atoms with Crippen LogP contribution in [0.1, 0.15) is 33.1 Å². The van der Waals surface area contributed by atoms with Crippen molar-refractivity contribution in [3.05, 3.63) is 70.8 Å². The van der Waals surface area contributed by atoms with Crippen LogP contribution in [0.25, 0.3) is 0 Å². The van der Waals surface area contributed by atoms with Crippen molar-refractivity contribution in [2.75, 3.05) is 13.1 Å². The Morgan fingerprint density at radius 1 is 1.24 bits per heavy atom. The molecule has 0 fully saturated rings. The summed E-state index contributed by atoms with van der Waals surface area (Å²) in [5.74, 6) is 0.0728. The van der Waals surface area contributed by atoms with E-state index in [1.165, 1.54) is 11.1 Å². The summed E-state index contributed by atoms with van der Waals surface area (Å²) in [6.45, 7) is 3.18. The Bertz CT molecular complexity index is 666. The van der Waals surface area contributed by atoms with Gasteiger partial charge in [0.1, 0.15) is 0 Å². The Hall–Kier alpha value is -2.13. The summed E-state index contributed by atoms with van der Waals surface area (Å²) in [7, 11) is 0. The van der Waals surface area contributed by atoms with Gasteiger partial charge in [0.25, 0.3) is 5.91 Å². The van der Waals surface area contributed by atoms with E-state index < -0.39 is 0 Å². The summed E-state index contributed by atoms with van der Waals surface area (Å²) >= 11 is 0. The Labute approximate surface area is 125 Å². The van der Waals surface area contributed by atoms with Crippen LogP contribution in [0.5, 0.6) is 0 Å². The van der Waals surface area contributed by atoms with Crippen LogP contribution in [0, 0.1) is 6.92 Å². The lowest BCUT2D eigenvalue weighted by atomic mass is 9.92. The maximum atomic E-state index is 12.8. The number of amides is 1. The molecule has 3 rings (SSSR count). The lowest BCUT2D eigenvalue weighted by molar-refractivity contribution is 0.0667. The quantitative estimate of drug-likeness (QED) is 0.919. The number of hydrogen-bond donors (Lipinski definition) is 1. The van der Waals surface area contributed by atoms with Crippen molar-refractivity contribution in [2.45, 2.75) is 19.4 Å². The minimum Gasteiger partial charge on any atom is -0.330 e. The first-order valence-electron chi connectivity index (χ1n) is 7.36. The van der Waals surface area contributed by atoms with Crippen molar-refractivity contribution < 1.29 is 4.79 Å². The van der Waals surface area contributed by atoms with E-state index in [1.807, 2.05) is 48.2 Å². The lowest BCUT2D eigenvalue weighted by Gasteiger charge is -2.37. The molecule has 0 bridgehead atoms. The maximum absolute atomic E-state index is 12.8. The van der Waals surface area contributed by atoms with Crippen molar-refractivity contribution in [2.24, 2.45) is 5.73 Å². The highest BCUT2D eigenvalue weighted by atomic mass is 16.2. The lowest BCUT2D eigenvalue weighted by Crippen LogP contribution is -2.43. The molecule has 0 spiro atoms. The van der Waals surface area contributed by atoms with E-state index in [2.05, 4.69) is 12.1 Å². The van der Waals surface area contributed by atoms with Gasteiger partial charge in [0, 0.05) is 18.7 Å². The van der Waals surface area contributed by atoms with E-state index in [9.17, 15) is 4.79 Å². The first-order chi connectivity index (χ1) is 10.2. The highest BCUT2D eigenvalue weighted by Crippen LogP contribution is 2.30. The minimum absolute atomic E-state index is 0.0250. The first kappa shape index (κ1) is 13.8. The monoisotopic (exact) mass is 280 g/mol. The van der Waals surface area contributed by atoms with Gasteiger partial charge >= 0.3 is 0 Å². The van der Waals surface area contributed by atoms with Crippen LogP contribution < -0.4 is 5.73 Å². The van der Waals surface area contributed by atoms with Crippen LogP contribution in [-0.2, 0) is 6.42 Å². The van der Waals surface area contributed by atoms with Gasteiger partial charge in [-0.1, -0.05) is 42.0 Å². The van der Waals surface area contributed by atoms with Crippen LogP contribution in [0.2, 0.25) is 0 Å². The molecule has 108 valence electrons. The van der Waals surface area contributed by atoms with E-state index >= 15 is 0 Å². The summed E-state index contributed by atoms with van der Waals surface area (Å²) in [6, 6.07) is 16.0. The molecule has 1 atom stereocenters. The van der Waals surface area contributed by atoms with Gasteiger partial charge in [-0.3, -0.25) is 4.79 Å². The molecule has 2 aromatic rings. The van der Waals surface area contributed by atoms with Gasteiger partial charge in [0.15, 0.2) is 0 Å². The van der Waals surface area contributed by atoms with E-state index in [0.717, 1.165) is 24.1 Å². The SMILES string of the molecule is Cc1cccc(C(=O)N2CCc3ccccc3C2CN)c1. The smallest absolute Gasteiger partial charge is 0.254 e. The van der Waals surface area contributed by atoms with E-state index in [-0.39, 0.29) is 11.9 Å². The van der Waals surface area contributed by atoms with Crippen LogP contribution in [0.15, 0.2) is 48.5 Å². The average molecular weight is 280 g/mol. The second-order valence-corrected chi connectivity index (χ2v) is 5.57. The number of carbonyl (C=O) groups excluding carboxylic acids is 1. The Morgan fingerprint density at radius 2 is 2.05 bits per heavy atom. The Kier molecular flexibility index (Phi) is 3.76. The van der Waals surface area contributed by atoms with Gasteiger partial charge in [-0.05, 0) is 36.6 Å². The van der Waals surface area contributed by atoms with Crippen LogP contribution in [0.4, 0.5) is 0 Å². The fourth-order valence-electron chi connectivity index (χ4n) is 3.09. The highest BCUT2D eigenvalue weighted by molar-refractivity contribution is 5.94. The van der Waals surface area contributed by atoms with E-state index in [1.54, 1.807) is 0 Å². The normalized spacial score (nSPS) is 17.4. The molecule has 1 heterocycles. The number of rotatable bonds is 2. The van der Waals surface area contributed by atoms with Crippen LogP contribution in [0.3, 0.4) is 0 Å². The van der Waals surface area contributed by atoms with Gasteiger partial charge in [0.2, 0.25) is 0 Å². The molecule has 0 radical (unpaired) electrons. The standard InChI is InChI=1S/C18H20N2O/c1-13-5-4-7-15(11-13)18(21)20-10-9-14-6-2-3-8-16(14)17(20)12-19/h2-8,11,17H,9-10,12,19H2,1H3. The number of fused-ring (bicyclic) bond motifs is 1. The number of nitrogens with two attached hydrogens (primary N) is 1. The average Bonchev–Trinajstić information content (AvgIpc) is 2.53. The summed E-state index contributed by atoms with van der Waals surface area (Å²) < 4.78 is 0. The number of aryl methyl sites for hydroxylation is 1. The number of benzene rings is 2. The van der Waals surface area contributed by atoms with Gasteiger partial charge in [-0.25, -0.2) is 0 Å². The molecule has 21 heavy (non-hydrogen) atoms. The molecule has 0 aromatic heterocycles. The van der Waals surface area contributed by atoms with Crippen LogP contribution >= 0.6 is 0 Å². The third kappa shape index (κ3) is 2.57. The third-order valence-corrected chi connectivity index (χ3v) is 4.16. The summed E-state index contributed by atoms with van der Waals surface area (Å²) in [6.07, 6.45) is 0.893.